The first kappa shape index (κ1) is 19.3. The lowest BCUT2D eigenvalue weighted by molar-refractivity contribution is 0.0572. The molecule has 1 aliphatic rings. The van der Waals surface area contributed by atoms with E-state index in [9.17, 15) is 14.3 Å². The van der Waals surface area contributed by atoms with Crippen molar-refractivity contribution < 1.29 is 14.3 Å². The Morgan fingerprint density at radius 3 is 2.59 bits per heavy atom. The number of hydrogen-bond acceptors (Lipinski definition) is 3. The molecule has 1 aliphatic heterocycles. The minimum atomic E-state index is -0.314. The predicted molar refractivity (Wildman–Crippen MR) is 109 cm³/mol. The summed E-state index contributed by atoms with van der Waals surface area (Å²) in [4.78, 5) is 14.8. The molecule has 0 spiro atoms. The second-order valence-electron chi connectivity index (χ2n) is 7.56. The molecule has 150 valence electrons. The summed E-state index contributed by atoms with van der Waals surface area (Å²) in [5.74, 6) is -0.218. The number of carbonyl (C=O) groups excluding carboxylic acids is 1. The van der Waals surface area contributed by atoms with Crippen molar-refractivity contribution in [1.82, 2.24) is 14.7 Å². The maximum absolute atomic E-state index is 13.2. The number of aliphatic hydroxyl groups excluding tert-OH is 1. The summed E-state index contributed by atoms with van der Waals surface area (Å²) in [6.45, 7) is 3.02. The van der Waals surface area contributed by atoms with Gasteiger partial charge >= 0.3 is 0 Å². The summed E-state index contributed by atoms with van der Waals surface area (Å²) in [5, 5.41) is 14.4. The van der Waals surface area contributed by atoms with E-state index in [0.717, 1.165) is 12.1 Å². The topological polar surface area (TPSA) is 58.4 Å². The number of rotatable bonds is 4. The van der Waals surface area contributed by atoms with E-state index in [2.05, 4.69) is 17.2 Å². The molecule has 2 atom stereocenters. The van der Waals surface area contributed by atoms with Crippen LogP contribution in [0, 0.1) is 18.7 Å². The number of hydrogen-bond donors (Lipinski definition) is 1. The fourth-order valence-corrected chi connectivity index (χ4v) is 4.13. The Hall–Kier alpha value is -2.99. The Balaban J connectivity index is 1.52. The first-order chi connectivity index (χ1) is 14.1. The van der Waals surface area contributed by atoms with Gasteiger partial charge in [-0.1, -0.05) is 30.3 Å². The molecule has 0 radical (unpaired) electrons. The van der Waals surface area contributed by atoms with Gasteiger partial charge in [0.05, 0.1) is 5.69 Å². The minimum Gasteiger partial charge on any atom is -0.396 e. The quantitative estimate of drug-likeness (QED) is 0.737. The number of piperidine rings is 1. The van der Waals surface area contributed by atoms with E-state index < -0.39 is 0 Å². The van der Waals surface area contributed by atoms with Crippen LogP contribution in [0.4, 0.5) is 4.39 Å². The average molecular weight is 393 g/mol. The van der Waals surface area contributed by atoms with Gasteiger partial charge in [-0.2, -0.15) is 5.10 Å². The van der Waals surface area contributed by atoms with Gasteiger partial charge in [0, 0.05) is 31.3 Å². The van der Waals surface area contributed by atoms with E-state index in [4.69, 9.17) is 0 Å². The van der Waals surface area contributed by atoms with Gasteiger partial charge in [-0.15, -0.1) is 0 Å². The fraction of sp³-hybridized carbons (Fsp3) is 0.304. The van der Waals surface area contributed by atoms with Gasteiger partial charge in [-0.25, -0.2) is 9.07 Å². The first-order valence-electron chi connectivity index (χ1n) is 9.84. The number of aryl methyl sites for hydroxylation is 1. The van der Waals surface area contributed by atoms with Gasteiger partial charge in [-0.05, 0) is 55.2 Å². The second kappa shape index (κ2) is 8.17. The van der Waals surface area contributed by atoms with E-state index >= 15 is 0 Å². The molecule has 3 aromatic rings. The van der Waals surface area contributed by atoms with Gasteiger partial charge in [0.1, 0.15) is 5.82 Å². The summed E-state index contributed by atoms with van der Waals surface area (Å²) < 4.78 is 14.8. The molecule has 0 bridgehead atoms. The van der Waals surface area contributed by atoms with Crippen LogP contribution < -0.4 is 0 Å². The number of amides is 1. The molecule has 1 saturated heterocycles. The van der Waals surface area contributed by atoms with Crippen LogP contribution in [0.15, 0.2) is 60.7 Å². The van der Waals surface area contributed by atoms with Crippen molar-refractivity contribution in [3.05, 3.63) is 83.4 Å². The van der Waals surface area contributed by atoms with Crippen molar-refractivity contribution in [2.24, 2.45) is 5.92 Å². The lowest BCUT2D eigenvalue weighted by atomic mass is 9.81. The van der Waals surface area contributed by atoms with Crippen LogP contribution >= 0.6 is 0 Å². The Bertz CT molecular complexity index is 985. The highest BCUT2D eigenvalue weighted by Crippen LogP contribution is 2.33. The molecule has 0 saturated carbocycles. The Morgan fingerprint density at radius 2 is 1.90 bits per heavy atom. The lowest BCUT2D eigenvalue weighted by Gasteiger charge is -2.37. The zero-order chi connectivity index (χ0) is 20.4. The number of aromatic nitrogens is 2. The van der Waals surface area contributed by atoms with Crippen molar-refractivity contribution in [3.63, 3.8) is 0 Å². The third-order valence-corrected chi connectivity index (χ3v) is 5.66. The molecule has 2 aromatic carbocycles. The lowest BCUT2D eigenvalue weighted by Crippen LogP contribution is -2.44. The monoisotopic (exact) mass is 393 g/mol. The van der Waals surface area contributed by atoms with E-state index in [1.165, 1.54) is 17.7 Å². The largest absolute Gasteiger partial charge is 0.396 e. The molecule has 0 aliphatic carbocycles. The van der Waals surface area contributed by atoms with Crippen molar-refractivity contribution in [3.8, 4) is 5.69 Å². The van der Waals surface area contributed by atoms with Gasteiger partial charge in [-0.3, -0.25) is 4.79 Å². The maximum Gasteiger partial charge on any atom is 0.274 e. The van der Waals surface area contributed by atoms with Crippen LogP contribution in [0.1, 0.15) is 34.1 Å². The SMILES string of the molecule is Cc1cc(C(=O)N2CC[C@@H](c3ccccc3)[C@@H](CO)C2)nn1-c1ccc(F)cc1. The number of carbonyl (C=O) groups is 1. The van der Waals surface area contributed by atoms with Crippen molar-refractivity contribution >= 4 is 5.91 Å². The molecular weight excluding hydrogens is 369 g/mol. The molecule has 2 heterocycles. The van der Waals surface area contributed by atoms with Crippen LogP contribution in [-0.4, -0.2) is 45.4 Å². The van der Waals surface area contributed by atoms with Crippen molar-refractivity contribution in [2.75, 3.05) is 19.7 Å². The zero-order valence-corrected chi connectivity index (χ0v) is 16.3. The van der Waals surface area contributed by atoms with Crippen molar-refractivity contribution in [1.29, 1.82) is 0 Å². The molecule has 1 aromatic heterocycles. The number of likely N-dealkylation sites (tertiary alicyclic amines) is 1. The normalized spacial score (nSPS) is 19.3. The maximum atomic E-state index is 13.2. The molecule has 5 nitrogen and oxygen atoms in total. The third-order valence-electron chi connectivity index (χ3n) is 5.66. The summed E-state index contributed by atoms with van der Waals surface area (Å²) in [6, 6.07) is 17.9. The van der Waals surface area contributed by atoms with Crippen LogP contribution in [0.3, 0.4) is 0 Å². The van der Waals surface area contributed by atoms with Crippen LogP contribution in [0.5, 0.6) is 0 Å². The zero-order valence-electron chi connectivity index (χ0n) is 16.3. The summed E-state index contributed by atoms with van der Waals surface area (Å²) in [6.07, 6.45) is 0.804. The molecule has 6 heteroatoms. The number of halogens is 1. The highest BCUT2D eigenvalue weighted by atomic mass is 19.1. The van der Waals surface area contributed by atoms with E-state index in [1.54, 1.807) is 27.8 Å². The summed E-state index contributed by atoms with van der Waals surface area (Å²) >= 11 is 0. The number of nitrogens with zero attached hydrogens (tertiary/aromatic N) is 3. The highest BCUT2D eigenvalue weighted by molar-refractivity contribution is 5.92. The summed E-state index contributed by atoms with van der Waals surface area (Å²) in [5.41, 5.74) is 3.08. The highest BCUT2D eigenvalue weighted by Gasteiger charge is 2.33. The number of benzene rings is 2. The molecule has 29 heavy (non-hydrogen) atoms. The average Bonchev–Trinajstić information content (AvgIpc) is 3.15. The molecular formula is C23H24FN3O2. The van der Waals surface area contributed by atoms with Crippen LogP contribution in [0.2, 0.25) is 0 Å². The minimum absolute atomic E-state index is 0.00428. The molecule has 1 N–H and O–H groups in total. The molecule has 1 amide bonds. The Morgan fingerprint density at radius 1 is 1.17 bits per heavy atom. The fourth-order valence-electron chi connectivity index (χ4n) is 4.13. The molecule has 1 fully saturated rings. The molecule has 4 rings (SSSR count). The summed E-state index contributed by atoms with van der Waals surface area (Å²) in [7, 11) is 0. The Kier molecular flexibility index (Phi) is 5.45. The van der Waals surface area contributed by atoms with Gasteiger partial charge in [0.25, 0.3) is 5.91 Å². The number of aliphatic hydroxyl groups is 1. The predicted octanol–water partition coefficient (Wildman–Crippen LogP) is 3.56. The van der Waals surface area contributed by atoms with Crippen LogP contribution in [0.25, 0.3) is 5.69 Å². The van der Waals surface area contributed by atoms with Gasteiger partial charge < -0.3 is 10.0 Å². The van der Waals surface area contributed by atoms with Gasteiger partial charge in [0.15, 0.2) is 5.69 Å². The van der Waals surface area contributed by atoms with E-state index in [-0.39, 0.29) is 30.2 Å². The van der Waals surface area contributed by atoms with Gasteiger partial charge in [0.2, 0.25) is 0 Å². The van der Waals surface area contributed by atoms with Crippen LogP contribution in [-0.2, 0) is 0 Å². The standard InChI is InChI=1S/C23H24FN3O2/c1-16-13-22(25-27(16)20-9-7-19(24)8-10-20)23(29)26-12-11-21(18(14-26)15-28)17-5-3-2-4-6-17/h2-10,13,18,21,28H,11-12,14-15H2,1H3/t18-,21+/m1/s1. The van der Waals surface area contributed by atoms with Crippen molar-refractivity contribution in [2.45, 2.75) is 19.3 Å². The van der Waals surface area contributed by atoms with E-state index in [0.29, 0.717) is 24.5 Å². The third kappa shape index (κ3) is 3.93. The first-order valence-corrected chi connectivity index (χ1v) is 9.84. The van der Waals surface area contributed by atoms with E-state index in [1.807, 2.05) is 25.1 Å². The molecule has 0 unspecified atom stereocenters. The second-order valence-corrected chi connectivity index (χ2v) is 7.56. The Labute approximate surface area is 169 Å². The smallest absolute Gasteiger partial charge is 0.274 e.